The van der Waals surface area contributed by atoms with Gasteiger partial charge in [-0.2, -0.15) is 0 Å². The quantitative estimate of drug-likeness (QED) is 0.304. The van der Waals surface area contributed by atoms with Crippen molar-refractivity contribution in [2.75, 3.05) is 13.7 Å². The normalized spacial score (nSPS) is 33.0. The fraction of sp³-hybridized carbons (Fsp3) is 0.407. The average molecular weight is 525 g/mol. The van der Waals surface area contributed by atoms with Gasteiger partial charge in [0.2, 0.25) is 6.29 Å². The van der Waals surface area contributed by atoms with Gasteiger partial charge in [-0.1, -0.05) is 24.3 Å². The molecule has 1 aliphatic carbocycles. The lowest BCUT2D eigenvalue weighted by Gasteiger charge is -2.42. The molecule has 0 radical (unpaired) electrons. The molecule has 0 unspecified atom stereocenters. The van der Waals surface area contributed by atoms with Crippen molar-refractivity contribution in [2.45, 2.75) is 43.4 Å². The molecule has 0 spiro atoms. The van der Waals surface area contributed by atoms with Gasteiger partial charge in [0.25, 0.3) is 0 Å². The predicted molar refractivity (Wildman–Crippen MR) is 133 cm³/mol. The van der Waals surface area contributed by atoms with Crippen LogP contribution in [0.5, 0.6) is 0 Å². The Hall–Kier alpha value is -3.32. The van der Waals surface area contributed by atoms with Gasteiger partial charge < -0.3 is 44.4 Å². The van der Waals surface area contributed by atoms with Gasteiger partial charge in [-0.25, -0.2) is 4.79 Å². The number of rotatable bonds is 5. The number of pyridine rings is 1. The van der Waals surface area contributed by atoms with Crippen molar-refractivity contribution in [3.8, 4) is 0 Å². The summed E-state index contributed by atoms with van der Waals surface area (Å²) in [4.78, 5) is 20.7. The van der Waals surface area contributed by atoms with Crippen molar-refractivity contribution in [1.29, 1.82) is 0 Å². The van der Waals surface area contributed by atoms with Gasteiger partial charge in [-0.05, 0) is 24.1 Å². The van der Waals surface area contributed by atoms with E-state index in [4.69, 9.17) is 18.9 Å². The zero-order valence-electron chi connectivity index (χ0n) is 20.4. The lowest BCUT2D eigenvalue weighted by molar-refractivity contribution is -0.338. The van der Waals surface area contributed by atoms with Crippen LogP contribution in [0.4, 0.5) is 0 Å². The molecule has 11 heteroatoms. The van der Waals surface area contributed by atoms with Crippen molar-refractivity contribution in [2.24, 2.45) is 11.8 Å². The maximum atomic E-state index is 12.6. The Kier molecular flexibility index (Phi) is 6.42. The molecule has 4 heterocycles. The van der Waals surface area contributed by atoms with Crippen molar-refractivity contribution in [1.82, 2.24) is 9.97 Å². The number of esters is 1. The molecule has 0 bridgehead atoms. The maximum Gasteiger partial charge on any atom is 0.337 e. The van der Waals surface area contributed by atoms with E-state index in [2.05, 4.69) is 9.97 Å². The molecule has 2 aliphatic heterocycles. The van der Waals surface area contributed by atoms with Crippen LogP contribution in [0.2, 0.25) is 0 Å². The smallest absolute Gasteiger partial charge is 0.337 e. The van der Waals surface area contributed by atoms with Crippen molar-refractivity contribution in [3.63, 3.8) is 0 Å². The number of ether oxygens (including phenoxy) is 4. The summed E-state index contributed by atoms with van der Waals surface area (Å²) in [7, 11) is 1.30. The zero-order valence-corrected chi connectivity index (χ0v) is 20.4. The molecule has 38 heavy (non-hydrogen) atoms. The Balaban J connectivity index is 1.39. The number of para-hydroxylation sites is 1. The van der Waals surface area contributed by atoms with E-state index < -0.39 is 55.5 Å². The number of allylic oxidation sites excluding steroid dienone is 1. The topological polar surface area (TPSA) is 164 Å². The van der Waals surface area contributed by atoms with E-state index in [1.807, 2.05) is 36.4 Å². The molecule has 200 valence electrons. The lowest BCUT2D eigenvalue weighted by atomic mass is 9.82. The van der Waals surface area contributed by atoms with Gasteiger partial charge in [0.05, 0.1) is 42.7 Å². The second kappa shape index (κ2) is 9.77. The SMILES string of the molecule is COC(=O)C1=CO[C@H](O[C@H]2O[C@@H](CO)[C@H](O)[C@@H](O)[C@@H]2O)[C@@H]2C(c3nccc4c3[nH]c3ccccc34)=CC[C@H]12. The van der Waals surface area contributed by atoms with Crippen LogP contribution in [-0.2, 0) is 23.7 Å². The number of fused-ring (bicyclic) bond motifs is 4. The molecule has 0 saturated carbocycles. The van der Waals surface area contributed by atoms with Crippen LogP contribution in [-0.4, -0.2) is 87.1 Å². The lowest BCUT2D eigenvalue weighted by Crippen LogP contribution is -2.60. The molecule has 5 N–H and O–H groups in total. The van der Waals surface area contributed by atoms with Gasteiger partial charge in [-0.15, -0.1) is 0 Å². The Labute approximate surface area is 216 Å². The van der Waals surface area contributed by atoms with Gasteiger partial charge in [-0.3, -0.25) is 4.98 Å². The number of carbonyl (C=O) groups is 1. The van der Waals surface area contributed by atoms with Gasteiger partial charge >= 0.3 is 5.97 Å². The number of aliphatic hydroxyl groups is 4. The molecule has 8 atom stereocenters. The number of carbonyl (C=O) groups excluding carboxylic acids is 1. The minimum atomic E-state index is -1.61. The number of aromatic amines is 1. The molecule has 3 aromatic rings. The van der Waals surface area contributed by atoms with Crippen LogP contribution in [0.25, 0.3) is 27.4 Å². The molecule has 2 aromatic heterocycles. The standard InChI is InChI=1S/C27H28N2O9/c1-35-25(34)16-11-36-26(38-27-24(33)23(32)22(31)18(10-30)37-27)19-13(16)6-7-15(19)20-21-14(8-9-28-20)12-4-2-3-5-17(12)29-21/h2-5,7-9,11,13,18-19,22-24,26-27,29-33H,6,10H2,1H3/t13-,18+,19+,22+,23-,24+,26-,27-/m1/s1. The molecule has 1 fully saturated rings. The first-order chi connectivity index (χ1) is 18.4. The third kappa shape index (κ3) is 3.90. The second-order valence-corrected chi connectivity index (χ2v) is 9.68. The Morgan fingerprint density at radius 2 is 1.92 bits per heavy atom. The van der Waals surface area contributed by atoms with Crippen LogP contribution in [0.15, 0.2) is 54.4 Å². The van der Waals surface area contributed by atoms with E-state index in [-0.39, 0.29) is 5.92 Å². The van der Waals surface area contributed by atoms with E-state index in [9.17, 15) is 25.2 Å². The Morgan fingerprint density at radius 1 is 1.11 bits per heavy atom. The van der Waals surface area contributed by atoms with E-state index in [0.717, 1.165) is 27.4 Å². The summed E-state index contributed by atoms with van der Waals surface area (Å²) in [5.74, 6) is -1.45. The van der Waals surface area contributed by atoms with Crippen LogP contribution in [0.3, 0.4) is 0 Å². The molecule has 11 nitrogen and oxygen atoms in total. The molecule has 0 amide bonds. The van der Waals surface area contributed by atoms with Gasteiger partial charge in [0.1, 0.15) is 24.4 Å². The molecule has 1 saturated heterocycles. The minimum Gasteiger partial charge on any atom is -0.471 e. The highest BCUT2D eigenvalue weighted by atomic mass is 16.8. The molecular formula is C27H28N2O9. The molecule has 3 aliphatic rings. The average Bonchev–Trinajstić information content (AvgIpc) is 3.55. The molecule has 1 aromatic carbocycles. The zero-order chi connectivity index (χ0) is 26.6. The number of methoxy groups -OCH3 is 1. The van der Waals surface area contributed by atoms with Gasteiger partial charge in [0.15, 0.2) is 6.29 Å². The first-order valence-corrected chi connectivity index (χ1v) is 12.4. The molecule has 6 rings (SSSR count). The number of aliphatic hydroxyl groups excluding tert-OH is 4. The summed E-state index contributed by atoms with van der Waals surface area (Å²) in [6.45, 7) is -0.591. The van der Waals surface area contributed by atoms with Crippen LogP contribution in [0.1, 0.15) is 12.1 Å². The molecular weight excluding hydrogens is 496 g/mol. The first kappa shape index (κ1) is 25.0. The number of benzene rings is 1. The minimum absolute atomic E-state index is 0.334. The summed E-state index contributed by atoms with van der Waals surface area (Å²) in [6.07, 6.45) is -2.86. The second-order valence-electron chi connectivity index (χ2n) is 9.68. The Morgan fingerprint density at radius 3 is 2.71 bits per heavy atom. The number of hydrogen-bond acceptors (Lipinski definition) is 10. The summed E-state index contributed by atoms with van der Waals surface area (Å²) < 4.78 is 22.5. The van der Waals surface area contributed by atoms with Crippen molar-refractivity contribution in [3.05, 3.63) is 60.1 Å². The van der Waals surface area contributed by atoms with Crippen molar-refractivity contribution >= 4 is 33.3 Å². The van der Waals surface area contributed by atoms with Crippen LogP contribution in [0, 0.1) is 11.8 Å². The highest BCUT2D eigenvalue weighted by molar-refractivity contribution is 6.10. The van der Waals surface area contributed by atoms with Crippen LogP contribution >= 0.6 is 0 Å². The summed E-state index contributed by atoms with van der Waals surface area (Å²) >= 11 is 0. The third-order valence-corrected chi connectivity index (χ3v) is 7.65. The fourth-order valence-electron chi connectivity index (χ4n) is 5.72. The highest BCUT2D eigenvalue weighted by Gasteiger charge is 2.50. The van der Waals surface area contributed by atoms with E-state index in [1.165, 1.54) is 13.4 Å². The van der Waals surface area contributed by atoms with E-state index >= 15 is 0 Å². The van der Waals surface area contributed by atoms with Crippen molar-refractivity contribution < 1.29 is 44.2 Å². The number of nitrogens with zero attached hydrogens (tertiary/aromatic N) is 1. The number of nitrogens with one attached hydrogen (secondary N) is 1. The number of hydrogen-bond donors (Lipinski definition) is 5. The fourth-order valence-corrected chi connectivity index (χ4v) is 5.72. The monoisotopic (exact) mass is 524 g/mol. The summed E-state index contributed by atoms with van der Waals surface area (Å²) in [6, 6.07) is 9.86. The maximum absolute atomic E-state index is 12.6. The van der Waals surface area contributed by atoms with E-state index in [1.54, 1.807) is 6.20 Å². The number of H-pyrrole nitrogens is 1. The highest BCUT2D eigenvalue weighted by Crippen LogP contribution is 2.49. The third-order valence-electron chi connectivity index (χ3n) is 7.65. The van der Waals surface area contributed by atoms with Crippen LogP contribution < -0.4 is 0 Å². The first-order valence-electron chi connectivity index (χ1n) is 12.4. The predicted octanol–water partition coefficient (Wildman–Crippen LogP) is 0.965. The summed E-state index contributed by atoms with van der Waals surface area (Å²) in [5.41, 5.74) is 3.55. The summed E-state index contributed by atoms with van der Waals surface area (Å²) in [5, 5.41) is 42.5. The van der Waals surface area contributed by atoms with Gasteiger partial charge in [0, 0.05) is 28.4 Å². The number of aromatic nitrogens is 2. The largest absolute Gasteiger partial charge is 0.471 e. The van der Waals surface area contributed by atoms with E-state index in [0.29, 0.717) is 17.7 Å². The Bertz CT molecular complexity index is 1430.